The molecule has 1 N–H and O–H groups in total. The summed E-state index contributed by atoms with van der Waals surface area (Å²) in [7, 11) is 0. The second-order valence-electron chi connectivity index (χ2n) is 5.08. The highest BCUT2D eigenvalue weighted by molar-refractivity contribution is 7.99. The SMILES string of the molecule is CCC(=O)NC1C=CC(C(=O)OCCSc2ccccc2)C1. The van der Waals surface area contributed by atoms with Crippen LogP contribution in [0.1, 0.15) is 19.8 Å². The lowest BCUT2D eigenvalue weighted by atomic mass is 10.1. The maximum Gasteiger partial charge on any atom is 0.312 e. The highest BCUT2D eigenvalue weighted by Crippen LogP contribution is 2.20. The lowest BCUT2D eigenvalue weighted by molar-refractivity contribution is -0.146. The Hall–Kier alpha value is -1.75. The monoisotopic (exact) mass is 319 g/mol. The minimum atomic E-state index is -0.246. The summed E-state index contributed by atoms with van der Waals surface area (Å²) in [4.78, 5) is 24.5. The van der Waals surface area contributed by atoms with Crippen molar-refractivity contribution in [1.29, 1.82) is 0 Å². The lowest BCUT2D eigenvalue weighted by Gasteiger charge is -2.13. The minimum absolute atomic E-state index is 0.00271. The van der Waals surface area contributed by atoms with Gasteiger partial charge < -0.3 is 10.1 Å². The molecule has 0 aliphatic heterocycles. The Kier molecular flexibility index (Phi) is 6.52. The molecule has 0 radical (unpaired) electrons. The molecule has 0 aromatic heterocycles. The number of ether oxygens (including phenoxy) is 1. The van der Waals surface area contributed by atoms with Crippen LogP contribution in [0.5, 0.6) is 0 Å². The van der Waals surface area contributed by atoms with Crippen LogP contribution in [0.15, 0.2) is 47.4 Å². The molecular weight excluding hydrogens is 298 g/mol. The van der Waals surface area contributed by atoms with Crippen molar-refractivity contribution in [2.24, 2.45) is 5.92 Å². The molecule has 0 saturated carbocycles. The normalized spacial score (nSPS) is 19.9. The third-order valence-electron chi connectivity index (χ3n) is 3.39. The Morgan fingerprint density at radius 1 is 1.27 bits per heavy atom. The molecule has 5 heteroatoms. The zero-order valence-electron chi connectivity index (χ0n) is 12.7. The van der Waals surface area contributed by atoms with Gasteiger partial charge in [0.1, 0.15) is 6.61 Å². The average Bonchev–Trinajstić information content (AvgIpc) is 3.00. The number of benzene rings is 1. The first-order valence-corrected chi connectivity index (χ1v) is 8.49. The van der Waals surface area contributed by atoms with Crippen molar-refractivity contribution in [3.8, 4) is 0 Å². The summed E-state index contributed by atoms with van der Waals surface area (Å²) in [5, 5.41) is 2.86. The first kappa shape index (κ1) is 16.6. The Balaban J connectivity index is 1.64. The van der Waals surface area contributed by atoms with Gasteiger partial charge in [-0.25, -0.2) is 0 Å². The van der Waals surface area contributed by atoms with Crippen LogP contribution in [-0.2, 0) is 14.3 Å². The molecule has 2 atom stereocenters. The van der Waals surface area contributed by atoms with Gasteiger partial charge in [-0.3, -0.25) is 9.59 Å². The van der Waals surface area contributed by atoms with Crippen LogP contribution < -0.4 is 5.32 Å². The maximum atomic E-state index is 12.0. The summed E-state index contributed by atoms with van der Waals surface area (Å²) >= 11 is 1.66. The van der Waals surface area contributed by atoms with Crippen LogP contribution in [0.2, 0.25) is 0 Å². The zero-order chi connectivity index (χ0) is 15.8. The molecule has 0 spiro atoms. The van der Waals surface area contributed by atoms with Crippen molar-refractivity contribution in [3.05, 3.63) is 42.5 Å². The van der Waals surface area contributed by atoms with E-state index in [9.17, 15) is 9.59 Å². The van der Waals surface area contributed by atoms with Gasteiger partial charge in [0.2, 0.25) is 5.91 Å². The first-order chi connectivity index (χ1) is 10.7. The Morgan fingerprint density at radius 2 is 2.05 bits per heavy atom. The van der Waals surface area contributed by atoms with Gasteiger partial charge in [0.05, 0.1) is 5.92 Å². The maximum absolute atomic E-state index is 12.0. The molecular formula is C17H21NO3S. The Morgan fingerprint density at radius 3 is 2.77 bits per heavy atom. The highest BCUT2D eigenvalue weighted by atomic mass is 32.2. The molecule has 1 amide bonds. The molecule has 0 saturated heterocycles. The lowest BCUT2D eigenvalue weighted by Crippen LogP contribution is -2.32. The van der Waals surface area contributed by atoms with Crippen molar-refractivity contribution in [2.75, 3.05) is 12.4 Å². The number of nitrogens with one attached hydrogen (secondary N) is 1. The van der Waals surface area contributed by atoms with E-state index in [0.717, 1.165) is 5.75 Å². The second kappa shape index (κ2) is 8.63. The molecule has 1 aromatic carbocycles. The number of amides is 1. The molecule has 4 nitrogen and oxygen atoms in total. The molecule has 1 aliphatic carbocycles. The van der Waals surface area contributed by atoms with E-state index >= 15 is 0 Å². The predicted molar refractivity (Wildman–Crippen MR) is 87.6 cm³/mol. The number of esters is 1. The van der Waals surface area contributed by atoms with Crippen molar-refractivity contribution in [1.82, 2.24) is 5.32 Å². The number of rotatable bonds is 7. The van der Waals surface area contributed by atoms with Crippen LogP contribution >= 0.6 is 11.8 Å². The average molecular weight is 319 g/mol. The first-order valence-electron chi connectivity index (χ1n) is 7.51. The molecule has 0 bridgehead atoms. The standard InChI is InChI=1S/C17H21NO3S/c1-2-16(19)18-14-9-8-13(12-14)17(20)21-10-11-22-15-6-4-3-5-7-15/h3-9,13-14H,2,10-12H2,1H3,(H,18,19). The van der Waals surface area contributed by atoms with Gasteiger partial charge >= 0.3 is 5.97 Å². The topological polar surface area (TPSA) is 55.4 Å². The summed E-state index contributed by atoms with van der Waals surface area (Å²) in [6.07, 6.45) is 4.75. The number of carbonyl (C=O) groups is 2. The third-order valence-corrected chi connectivity index (χ3v) is 4.37. The van der Waals surface area contributed by atoms with E-state index in [1.54, 1.807) is 11.8 Å². The number of carbonyl (C=O) groups excluding carboxylic acids is 2. The van der Waals surface area contributed by atoms with E-state index in [1.807, 2.05) is 49.4 Å². The fraction of sp³-hybridized carbons (Fsp3) is 0.412. The van der Waals surface area contributed by atoms with E-state index in [0.29, 0.717) is 19.4 Å². The van der Waals surface area contributed by atoms with Gasteiger partial charge in [0.25, 0.3) is 0 Å². The van der Waals surface area contributed by atoms with Crippen molar-refractivity contribution >= 4 is 23.6 Å². The van der Waals surface area contributed by atoms with Crippen LogP contribution in [0.3, 0.4) is 0 Å². The summed E-state index contributed by atoms with van der Waals surface area (Å²) in [6, 6.07) is 9.97. The summed E-state index contributed by atoms with van der Waals surface area (Å²) in [6.45, 7) is 2.21. The second-order valence-corrected chi connectivity index (χ2v) is 6.25. The molecule has 2 unspecified atom stereocenters. The largest absolute Gasteiger partial charge is 0.464 e. The van der Waals surface area contributed by atoms with Crippen molar-refractivity contribution in [2.45, 2.75) is 30.7 Å². The van der Waals surface area contributed by atoms with E-state index in [2.05, 4.69) is 5.32 Å². The van der Waals surface area contributed by atoms with Gasteiger partial charge in [-0.05, 0) is 18.6 Å². The fourth-order valence-electron chi connectivity index (χ4n) is 2.22. The van der Waals surface area contributed by atoms with E-state index < -0.39 is 0 Å². The smallest absolute Gasteiger partial charge is 0.312 e. The van der Waals surface area contributed by atoms with Gasteiger partial charge in [0.15, 0.2) is 0 Å². The summed E-state index contributed by atoms with van der Waals surface area (Å²) < 4.78 is 5.30. The van der Waals surface area contributed by atoms with Crippen LogP contribution in [-0.4, -0.2) is 30.3 Å². The highest BCUT2D eigenvalue weighted by Gasteiger charge is 2.26. The Bertz CT molecular complexity index is 530. The molecule has 0 fully saturated rings. The van der Waals surface area contributed by atoms with Crippen LogP contribution in [0.25, 0.3) is 0 Å². The van der Waals surface area contributed by atoms with Gasteiger partial charge in [-0.15, -0.1) is 11.8 Å². The minimum Gasteiger partial charge on any atom is -0.464 e. The van der Waals surface area contributed by atoms with E-state index in [-0.39, 0.29) is 23.8 Å². The Labute approximate surface area is 135 Å². The van der Waals surface area contributed by atoms with Crippen LogP contribution in [0.4, 0.5) is 0 Å². The van der Waals surface area contributed by atoms with E-state index in [1.165, 1.54) is 4.90 Å². The molecule has 1 aliphatic rings. The fourth-order valence-corrected chi connectivity index (χ4v) is 2.97. The van der Waals surface area contributed by atoms with Gasteiger partial charge in [-0.2, -0.15) is 0 Å². The molecule has 0 heterocycles. The number of hydrogen-bond acceptors (Lipinski definition) is 4. The predicted octanol–water partition coefficient (Wildman–Crippen LogP) is 2.79. The number of hydrogen-bond donors (Lipinski definition) is 1. The molecule has 22 heavy (non-hydrogen) atoms. The third kappa shape index (κ3) is 5.22. The zero-order valence-corrected chi connectivity index (χ0v) is 13.5. The van der Waals surface area contributed by atoms with Gasteiger partial charge in [0, 0.05) is 23.1 Å². The number of thioether (sulfide) groups is 1. The molecule has 2 rings (SSSR count). The molecule has 1 aromatic rings. The van der Waals surface area contributed by atoms with Crippen LogP contribution in [0, 0.1) is 5.92 Å². The quantitative estimate of drug-likeness (QED) is 0.363. The molecule has 118 valence electrons. The van der Waals surface area contributed by atoms with E-state index in [4.69, 9.17) is 4.74 Å². The van der Waals surface area contributed by atoms with Gasteiger partial charge in [-0.1, -0.05) is 37.3 Å². The summed E-state index contributed by atoms with van der Waals surface area (Å²) in [5.41, 5.74) is 0. The van der Waals surface area contributed by atoms with Crippen molar-refractivity contribution in [3.63, 3.8) is 0 Å². The van der Waals surface area contributed by atoms with Crippen molar-refractivity contribution < 1.29 is 14.3 Å². The summed E-state index contributed by atoms with van der Waals surface area (Å²) in [5.74, 6) is 0.285.